The molecule has 0 atom stereocenters. The van der Waals surface area contributed by atoms with Crippen molar-refractivity contribution in [3.63, 3.8) is 0 Å². The first-order chi connectivity index (χ1) is 12.2. The van der Waals surface area contributed by atoms with E-state index in [1.54, 1.807) is 18.2 Å². The van der Waals surface area contributed by atoms with Gasteiger partial charge in [-0.05, 0) is 30.9 Å². The number of rotatable bonds is 5. The predicted molar refractivity (Wildman–Crippen MR) is 95.0 cm³/mol. The highest BCUT2D eigenvalue weighted by molar-refractivity contribution is 5.92. The molecule has 1 aromatic carbocycles. The van der Waals surface area contributed by atoms with Gasteiger partial charge in [0, 0.05) is 25.7 Å². The van der Waals surface area contributed by atoms with Crippen molar-refractivity contribution in [1.82, 2.24) is 14.9 Å². The van der Waals surface area contributed by atoms with Gasteiger partial charge in [0.15, 0.2) is 0 Å². The highest BCUT2D eigenvalue weighted by atomic mass is 19.1. The van der Waals surface area contributed by atoms with E-state index in [1.807, 2.05) is 11.0 Å². The van der Waals surface area contributed by atoms with Gasteiger partial charge in [-0.2, -0.15) is 0 Å². The molecule has 0 bridgehead atoms. The van der Waals surface area contributed by atoms with Crippen LogP contribution >= 0.6 is 0 Å². The molecule has 1 aliphatic heterocycles. The fourth-order valence-electron chi connectivity index (χ4n) is 3.03. The van der Waals surface area contributed by atoms with Gasteiger partial charge in [0.1, 0.15) is 23.7 Å². The monoisotopic (exact) mass is 342 g/mol. The van der Waals surface area contributed by atoms with Crippen LogP contribution in [-0.4, -0.2) is 40.4 Å². The Bertz CT molecular complexity index is 714. The van der Waals surface area contributed by atoms with E-state index in [1.165, 1.54) is 25.2 Å². The molecule has 0 spiro atoms. The third-order valence-corrected chi connectivity index (χ3v) is 4.44. The second-order valence-corrected chi connectivity index (χ2v) is 6.26. The van der Waals surface area contributed by atoms with Gasteiger partial charge in [0.2, 0.25) is 0 Å². The molecular formula is C19H23FN4O. The summed E-state index contributed by atoms with van der Waals surface area (Å²) < 4.78 is 13.6. The number of halogens is 1. The van der Waals surface area contributed by atoms with Gasteiger partial charge in [0.25, 0.3) is 5.91 Å². The van der Waals surface area contributed by atoms with Crippen molar-refractivity contribution >= 4 is 11.7 Å². The summed E-state index contributed by atoms with van der Waals surface area (Å²) in [5, 5.41) is 3.14. The summed E-state index contributed by atoms with van der Waals surface area (Å²) >= 11 is 0. The van der Waals surface area contributed by atoms with Gasteiger partial charge >= 0.3 is 0 Å². The molecule has 2 aromatic rings. The second kappa shape index (κ2) is 8.55. The zero-order chi connectivity index (χ0) is 17.5. The van der Waals surface area contributed by atoms with Crippen molar-refractivity contribution in [1.29, 1.82) is 0 Å². The number of aromatic nitrogens is 2. The zero-order valence-corrected chi connectivity index (χ0v) is 14.2. The molecule has 1 aromatic heterocycles. The first kappa shape index (κ1) is 17.3. The summed E-state index contributed by atoms with van der Waals surface area (Å²) in [5.74, 6) is 0.343. The lowest BCUT2D eigenvalue weighted by molar-refractivity contribution is 0.0755. The van der Waals surface area contributed by atoms with E-state index < -0.39 is 0 Å². The van der Waals surface area contributed by atoms with E-state index in [9.17, 15) is 9.18 Å². The fourth-order valence-corrected chi connectivity index (χ4v) is 3.03. The molecule has 0 radical (unpaired) electrons. The summed E-state index contributed by atoms with van der Waals surface area (Å²) in [5.41, 5.74) is 1.07. The molecule has 25 heavy (non-hydrogen) atoms. The number of benzene rings is 1. The van der Waals surface area contributed by atoms with E-state index >= 15 is 0 Å². The quantitative estimate of drug-likeness (QED) is 0.906. The average molecular weight is 342 g/mol. The minimum atomic E-state index is -0.205. The Morgan fingerprint density at radius 3 is 2.64 bits per heavy atom. The topological polar surface area (TPSA) is 58.1 Å². The molecule has 0 saturated carbocycles. The van der Waals surface area contributed by atoms with Gasteiger partial charge < -0.3 is 10.2 Å². The summed E-state index contributed by atoms with van der Waals surface area (Å²) in [4.78, 5) is 22.8. The van der Waals surface area contributed by atoms with Gasteiger partial charge in [0.05, 0.1) is 0 Å². The van der Waals surface area contributed by atoms with Crippen LogP contribution in [0.25, 0.3) is 0 Å². The van der Waals surface area contributed by atoms with Crippen molar-refractivity contribution in [3.05, 3.63) is 53.7 Å². The molecule has 5 nitrogen and oxygen atoms in total. The molecule has 6 heteroatoms. The van der Waals surface area contributed by atoms with Crippen LogP contribution in [0.5, 0.6) is 0 Å². The maximum absolute atomic E-state index is 13.6. The molecule has 1 aliphatic rings. The second-order valence-electron chi connectivity index (χ2n) is 6.26. The lowest BCUT2D eigenvalue weighted by Crippen LogP contribution is -2.32. The maximum atomic E-state index is 13.6. The van der Waals surface area contributed by atoms with E-state index in [0.717, 1.165) is 25.9 Å². The van der Waals surface area contributed by atoms with E-state index in [0.29, 0.717) is 30.0 Å². The van der Waals surface area contributed by atoms with E-state index in [4.69, 9.17) is 0 Å². The number of amides is 1. The molecule has 1 saturated heterocycles. The molecular weight excluding hydrogens is 319 g/mol. The van der Waals surface area contributed by atoms with Gasteiger partial charge in [-0.15, -0.1) is 0 Å². The third kappa shape index (κ3) is 4.75. The first-order valence-electron chi connectivity index (χ1n) is 8.82. The number of nitrogens with zero attached hydrogens (tertiary/aromatic N) is 3. The van der Waals surface area contributed by atoms with E-state index in [2.05, 4.69) is 15.3 Å². The molecule has 3 rings (SSSR count). The summed E-state index contributed by atoms with van der Waals surface area (Å²) in [6.07, 6.45) is 6.39. The number of likely N-dealkylation sites (tertiary alicyclic amines) is 1. The minimum absolute atomic E-state index is 0.0403. The number of anilines is 1. The number of carbonyl (C=O) groups is 1. The molecule has 1 fully saturated rings. The smallest absolute Gasteiger partial charge is 0.272 e. The van der Waals surface area contributed by atoms with Crippen LogP contribution < -0.4 is 5.32 Å². The molecule has 0 unspecified atom stereocenters. The van der Waals surface area contributed by atoms with Crippen molar-refractivity contribution in [3.8, 4) is 0 Å². The van der Waals surface area contributed by atoms with Crippen molar-refractivity contribution in [2.45, 2.75) is 32.1 Å². The highest BCUT2D eigenvalue weighted by Gasteiger charge is 2.18. The predicted octanol–water partition coefficient (Wildman–Crippen LogP) is 3.29. The minimum Gasteiger partial charge on any atom is -0.370 e. The Morgan fingerprint density at radius 2 is 1.88 bits per heavy atom. The van der Waals surface area contributed by atoms with Crippen LogP contribution in [0.4, 0.5) is 10.2 Å². The lowest BCUT2D eigenvalue weighted by atomic mass is 10.1. The molecule has 0 aliphatic carbocycles. The third-order valence-electron chi connectivity index (χ3n) is 4.44. The van der Waals surface area contributed by atoms with Crippen molar-refractivity contribution in [2.24, 2.45) is 0 Å². The Morgan fingerprint density at radius 1 is 1.12 bits per heavy atom. The largest absolute Gasteiger partial charge is 0.370 e. The van der Waals surface area contributed by atoms with Crippen LogP contribution in [0.1, 0.15) is 41.7 Å². The molecule has 2 heterocycles. The number of nitrogens with one attached hydrogen (secondary N) is 1. The van der Waals surface area contributed by atoms with Crippen LogP contribution in [0.2, 0.25) is 0 Å². The fraction of sp³-hybridized carbons (Fsp3) is 0.421. The molecule has 1 amide bonds. The first-order valence-corrected chi connectivity index (χ1v) is 8.82. The maximum Gasteiger partial charge on any atom is 0.272 e. The Balaban J connectivity index is 1.59. The summed E-state index contributed by atoms with van der Waals surface area (Å²) in [6.45, 7) is 2.12. The normalized spacial score (nSPS) is 14.8. The van der Waals surface area contributed by atoms with Gasteiger partial charge in [-0.1, -0.05) is 31.0 Å². The number of hydrogen-bond acceptors (Lipinski definition) is 4. The molecule has 1 N–H and O–H groups in total. The average Bonchev–Trinajstić information content (AvgIpc) is 2.92. The Labute approximate surface area is 147 Å². The van der Waals surface area contributed by atoms with Crippen molar-refractivity contribution in [2.75, 3.05) is 25.0 Å². The zero-order valence-electron chi connectivity index (χ0n) is 14.2. The van der Waals surface area contributed by atoms with Crippen molar-refractivity contribution < 1.29 is 9.18 Å². The number of hydrogen-bond donors (Lipinski definition) is 1. The Hall–Kier alpha value is -2.50. The SMILES string of the molecule is O=C(c1cc(NCCc2ccccc2F)ncn1)N1CCCCCC1. The van der Waals surface area contributed by atoms with Crippen LogP contribution in [0.15, 0.2) is 36.7 Å². The standard InChI is InChI=1S/C19H23FN4O/c20-16-8-4-3-7-15(16)9-10-21-18-13-17(22-14-23-18)19(25)24-11-5-1-2-6-12-24/h3-4,7-8,13-14H,1-2,5-6,9-12H2,(H,21,22,23). The highest BCUT2D eigenvalue weighted by Crippen LogP contribution is 2.14. The Kier molecular flexibility index (Phi) is 5.93. The van der Waals surface area contributed by atoms with Crippen LogP contribution in [0, 0.1) is 5.82 Å². The van der Waals surface area contributed by atoms with Crippen LogP contribution in [-0.2, 0) is 6.42 Å². The molecule has 132 valence electrons. The lowest BCUT2D eigenvalue weighted by Gasteiger charge is -2.19. The van der Waals surface area contributed by atoms with Gasteiger partial charge in [-0.25, -0.2) is 14.4 Å². The van der Waals surface area contributed by atoms with Gasteiger partial charge in [-0.3, -0.25) is 4.79 Å². The number of carbonyl (C=O) groups excluding carboxylic acids is 1. The summed E-state index contributed by atoms with van der Waals surface area (Å²) in [7, 11) is 0. The van der Waals surface area contributed by atoms with E-state index in [-0.39, 0.29) is 11.7 Å². The summed E-state index contributed by atoms with van der Waals surface area (Å²) in [6, 6.07) is 8.40. The van der Waals surface area contributed by atoms with Crippen LogP contribution in [0.3, 0.4) is 0 Å².